The molecule has 0 aliphatic heterocycles. The van der Waals surface area contributed by atoms with Crippen molar-refractivity contribution in [1.29, 1.82) is 5.41 Å². The Kier molecular flexibility index (Phi) is 10.1. The third kappa shape index (κ3) is 6.66. The molecule has 1 N–H and O–H groups in total. The van der Waals surface area contributed by atoms with Gasteiger partial charge < -0.3 is 9.80 Å². The number of hydrogen-bond acceptors (Lipinski definition) is 1. The van der Waals surface area contributed by atoms with Crippen LogP contribution in [0.1, 0.15) is 154 Å². The molecule has 4 rings (SSSR count). The van der Waals surface area contributed by atoms with E-state index in [9.17, 15) is 5.41 Å². The zero-order valence-electron chi connectivity index (χ0n) is 21.2. The van der Waals surface area contributed by atoms with Gasteiger partial charge in [-0.1, -0.05) is 103 Å². The summed E-state index contributed by atoms with van der Waals surface area (Å²) in [4.78, 5) is 5.54. The molecule has 0 aromatic heterocycles. The van der Waals surface area contributed by atoms with E-state index in [1.807, 2.05) is 0 Å². The van der Waals surface area contributed by atoms with E-state index < -0.39 is 0 Å². The van der Waals surface area contributed by atoms with Crippen molar-refractivity contribution < 1.29 is 0 Å². The Balaban J connectivity index is 1.61. The molecule has 0 heterocycles. The topological polar surface area (TPSA) is 30.3 Å². The first-order valence-electron chi connectivity index (χ1n) is 15.0. The van der Waals surface area contributed by atoms with Crippen molar-refractivity contribution in [2.24, 2.45) is 0 Å². The number of nitrogens with one attached hydrogen (secondary N) is 1. The fourth-order valence-corrected chi connectivity index (χ4v) is 7.57. The largest absolute Gasteiger partial charge is 0.337 e. The molecule has 0 amide bonds. The Hall–Kier alpha value is -0.730. The highest BCUT2D eigenvalue weighted by molar-refractivity contribution is 5.78. The quantitative estimate of drug-likeness (QED) is 0.268. The molecular weight excluding hydrogens is 390 g/mol. The molecule has 3 heteroatoms. The van der Waals surface area contributed by atoms with Gasteiger partial charge in [-0.2, -0.15) is 0 Å². The first kappa shape index (κ1) is 24.4. The minimum Gasteiger partial charge on any atom is -0.337 e. The summed E-state index contributed by atoms with van der Waals surface area (Å²) in [5.74, 6) is 0.989. The third-order valence-corrected chi connectivity index (χ3v) is 9.36. The molecule has 4 fully saturated rings. The molecule has 0 saturated heterocycles. The van der Waals surface area contributed by atoms with Crippen molar-refractivity contribution in [2.45, 2.75) is 178 Å². The minimum atomic E-state index is 0.632. The van der Waals surface area contributed by atoms with Gasteiger partial charge in [0.15, 0.2) is 5.96 Å². The molecule has 4 aliphatic rings. The van der Waals surface area contributed by atoms with Crippen LogP contribution in [0.5, 0.6) is 0 Å². The lowest BCUT2D eigenvalue weighted by Crippen LogP contribution is -2.58. The number of hydrogen-bond donors (Lipinski definition) is 1. The lowest BCUT2D eigenvalue weighted by atomic mass is 9.97. The van der Waals surface area contributed by atoms with Gasteiger partial charge in [0.1, 0.15) is 0 Å². The molecule has 0 bridgehead atoms. The van der Waals surface area contributed by atoms with Crippen LogP contribution in [0.3, 0.4) is 0 Å². The van der Waals surface area contributed by atoms with E-state index >= 15 is 0 Å². The van der Waals surface area contributed by atoms with Gasteiger partial charge in [-0.15, -0.1) is 0 Å². The van der Waals surface area contributed by atoms with Gasteiger partial charge in [-0.25, -0.2) is 0 Å². The van der Waals surface area contributed by atoms with Crippen LogP contribution >= 0.6 is 0 Å². The van der Waals surface area contributed by atoms with Gasteiger partial charge in [0, 0.05) is 24.2 Å². The van der Waals surface area contributed by atoms with Crippen LogP contribution in [0.25, 0.3) is 0 Å². The lowest BCUT2D eigenvalue weighted by Gasteiger charge is -2.48. The maximum absolute atomic E-state index is 9.89. The van der Waals surface area contributed by atoms with Gasteiger partial charge >= 0.3 is 0 Å². The van der Waals surface area contributed by atoms with Crippen LogP contribution in [-0.2, 0) is 0 Å². The predicted molar refractivity (Wildman–Crippen MR) is 137 cm³/mol. The molecule has 184 valence electrons. The van der Waals surface area contributed by atoms with E-state index in [-0.39, 0.29) is 0 Å². The monoisotopic (exact) mass is 443 g/mol. The molecular formula is C29H53N3. The van der Waals surface area contributed by atoms with E-state index in [4.69, 9.17) is 0 Å². The van der Waals surface area contributed by atoms with Gasteiger partial charge in [-0.05, 0) is 51.4 Å². The van der Waals surface area contributed by atoms with Gasteiger partial charge in [0.05, 0.1) is 0 Å². The first-order chi connectivity index (χ1) is 15.8. The van der Waals surface area contributed by atoms with Crippen molar-refractivity contribution in [2.75, 3.05) is 0 Å². The molecule has 32 heavy (non-hydrogen) atoms. The Morgan fingerprint density at radius 2 is 0.531 bits per heavy atom. The summed E-state index contributed by atoms with van der Waals surface area (Å²) in [6.45, 7) is 0. The molecule has 3 nitrogen and oxygen atoms in total. The molecule has 0 spiro atoms. The Bertz CT molecular complexity index is 429. The maximum Gasteiger partial charge on any atom is 0.194 e. The zero-order valence-corrected chi connectivity index (χ0v) is 21.2. The summed E-state index contributed by atoms with van der Waals surface area (Å²) in [5.41, 5.74) is 0. The molecule has 0 unspecified atom stereocenters. The van der Waals surface area contributed by atoms with Gasteiger partial charge in [0.25, 0.3) is 0 Å². The standard InChI is InChI=1S/C29H53N3/c30-29(31(25-17-9-1-2-10-18-25)26-19-11-3-4-12-20-26)32(27-21-13-5-6-14-22-27)28-23-15-7-8-16-24-28/h25-28,30H,1-24H2. The highest BCUT2D eigenvalue weighted by Gasteiger charge is 2.37. The third-order valence-electron chi connectivity index (χ3n) is 9.36. The molecule has 0 atom stereocenters. The molecule has 4 saturated carbocycles. The van der Waals surface area contributed by atoms with Crippen LogP contribution in [0.15, 0.2) is 0 Å². The number of nitrogens with zero attached hydrogens (tertiary/aromatic N) is 2. The maximum atomic E-state index is 9.89. The molecule has 0 radical (unpaired) electrons. The Morgan fingerprint density at radius 1 is 0.344 bits per heavy atom. The predicted octanol–water partition coefficient (Wildman–Crippen LogP) is 8.42. The number of rotatable bonds is 4. The van der Waals surface area contributed by atoms with Crippen LogP contribution in [0, 0.1) is 5.41 Å². The smallest absolute Gasteiger partial charge is 0.194 e. The zero-order chi connectivity index (χ0) is 22.0. The van der Waals surface area contributed by atoms with Crippen molar-refractivity contribution in [3.05, 3.63) is 0 Å². The Morgan fingerprint density at radius 3 is 0.719 bits per heavy atom. The van der Waals surface area contributed by atoms with Gasteiger partial charge in [-0.3, -0.25) is 5.41 Å². The molecule has 0 aromatic carbocycles. The minimum absolute atomic E-state index is 0.632. The van der Waals surface area contributed by atoms with Crippen LogP contribution in [0.4, 0.5) is 0 Å². The SMILES string of the molecule is N=C(N(C1CCCCCC1)C1CCCCCC1)N(C1CCCCCC1)C1CCCCCC1. The fourth-order valence-electron chi connectivity index (χ4n) is 7.57. The van der Waals surface area contributed by atoms with Crippen molar-refractivity contribution >= 4 is 5.96 Å². The van der Waals surface area contributed by atoms with Crippen molar-refractivity contribution in [1.82, 2.24) is 9.80 Å². The van der Waals surface area contributed by atoms with Gasteiger partial charge in [0.2, 0.25) is 0 Å². The van der Waals surface area contributed by atoms with Crippen molar-refractivity contribution in [3.8, 4) is 0 Å². The second-order valence-corrected chi connectivity index (χ2v) is 11.7. The van der Waals surface area contributed by atoms with Crippen LogP contribution in [0.2, 0.25) is 0 Å². The summed E-state index contributed by atoms with van der Waals surface area (Å²) in [6, 6.07) is 2.53. The second kappa shape index (κ2) is 13.2. The highest BCUT2D eigenvalue weighted by atomic mass is 15.4. The normalized spacial score (nSPS) is 26.5. The van der Waals surface area contributed by atoms with E-state index in [0.717, 1.165) is 5.96 Å². The summed E-state index contributed by atoms with van der Waals surface area (Å²) < 4.78 is 0. The highest BCUT2D eigenvalue weighted by Crippen LogP contribution is 2.34. The summed E-state index contributed by atoms with van der Waals surface area (Å²) >= 11 is 0. The summed E-state index contributed by atoms with van der Waals surface area (Å²) in [6.07, 6.45) is 33.1. The summed E-state index contributed by atoms with van der Waals surface area (Å²) in [5, 5.41) is 9.89. The number of guanidine groups is 1. The lowest BCUT2D eigenvalue weighted by molar-refractivity contribution is 0.122. The van der Waals surface area contributed by atoms with E-state index in [0.29, 0.717) is 24.2 Å². The van der Waals surface area contributed by atoms with Crippen LogP contribution < -0.4 is 0 Å². The molecule has 4 aliphatic carbocycles. The average Bonchev–Trinajstić information content (AvgIpc) is 3.40. The second-order valence-electron chi connectivity index (χ2n) is 11.7. The fraction of sp³-hybridized carbons (Fsp3) is 0.966. The van der Waals surface area contributed by atoms with E-state index in [1.165, 1.54) is 154 Å². The Labute approximate surface area is 199 Å². The first-order valence-corrected chi connectivity index (χ1v) is 15.0. The van der Waals surface area contributed by atoms with Crippen LogP contribution in [-0.4, -0.2) is 39.9 Å². The summed E-state index contributed by atoms with van der Waals surface area (Å²) in [7, 11) is 0. The van der Waals surface area contributed by atoms with Crippen molar-refractivity contribution in [3.63, 3.8) is 0 Å². The van der Waals surface area contributed by atoms with E-state index in [1.54, 1.807) is 0 Å². The average molecular weight is 444 g/mol. The molecule has 0 aromatic rings. The van der Waals surface area contributed by atoms with E-state index in [2.05, 4.69) is 9.80 Å².